The largest absolute Gasteiger partial charge is 0.368 e. The molecule has 2 heterocycles. The molecule has 0 saturated carbocycles. The smallest absolute Gasteiger partial charge is 0.220 e. The number of nitrogen functional groups attached to an aromatic ring is 1. The summed E-state index contributed by atoms with van der Waals surface area (Å²) in [6, 6.07) is 0. The zero-order valence-electron chi connectivity index (χ0n) is 12.7. The van der Waals surface area contributed by atoms with E-state index >= 15 is 0 Å². The van der Waals surface area contributed by atoms with Crippen LogP contribution in [0.5, 0.6) is 0 Å². The molecule has 0 bridgehead atoms. The Hall–Kier alpha value is -2.50. The van der Waals surface area contributed by atoms with Crippen LogP contribution in [0.4, 0.5) is 5.95 Å². The van der Waals surface area contributed by atoms with E-state index < -0.39 is 0 Å². The Bertz CT molecular complexity index is 692. The number of allylic oxidation sites excluding steroid dienone is 1. The lowest BCUT2D eigenvalue weighted by molar-refractivity contribution is -0.113. The maximum Gasteiger partial charge on any atom is 0.220 e. The molecule has 0 unspecified atom stereocenters. The minimum absolute atomic E-state index is 0.0543. The molecule has 2 aromatic heterocycles. The van der Waals surface area contributed by atoms with Crippen LogP contribution >= 0.6 is 0 Å². The Morgan fingerprint density at radius 1 is 1.33 bits per heavy atom. The van der Waals surface area contributed by atoms with Crippen molar-refractivity contribution in [2.45, 2.75) is 27.2 Å². The number of rotatable bonds is 4. The zero-order valence-corrected chi connectivity index (χ0v) is 12.7. The van der Waals surface area contributed by atoms with Crippen LogP contribution in [0.25, 0.3) is 11.6 Å². The molecule has 0 radical (unpaired) electrons. The van der Waals surface area contributed by atoms with Crippen molar-refractivity contribution < 1.29 is 4.79 Å². The van der Waals surface area contributed by atoms with E-state index in [1.807, 2.05) is 40.1 Å². The van der Waals surface area contributed by atoms with Gasteiger partial charge in [0.05, 0.1) is 17.6 Å². The molecule has 0 aromatic carbocycles. The quantitative estimate of drug-likeness (QED) is 0.867. The van der Waals surface area contributed by atoms with Gasteiger partial charge in [0.1, 0.15) is 0 Å². The van der Waals surface area contributed by atoms with Gasteiger partial charge in [0, 0.05) is 36.4 Å². The second-order valence-electron chi connectivity index (χ2n) is 4.90. The number of aryl methyl sites for hydroxylation is 3. The van der Waals surface area contributed by atoms with Crippen molar-refractivity contribution >= 4 is 23.4 Å². The van der Waals surface area contributed by atoms with Crippen LogP contribution in [0.15, 0.2) is 12.4 Å². The van der Waals surface area contributed by atoms with Crippen LogP contribution in [-0.2, 0) is 11.8 Å². The number of nitrogens with two attached hydrogens (primary N) is 1. The molecule has 2 aromatic rings. The number of ketones is 1. The van der Waals surface area contributed by atoms with Crippen molar-refractivity contribution in [1.82, 2.24) is 19.7 Å². The summed E-state index contributed by atoms with van der Waals surface area (Å²) >= 11 is 0. The molecule has 6 nitrogen and oxygen atoms in total. The van der Waals surface area contributed by atoms with Crippen LogP contribution in [0.3, 0.4) is 0 Å². The highest BCUT2D eigenvalue weighted by molar-refractivity contribution is 6.25. The van der Waals surface area contributed by atoms with E-state index in [1.54, 1.807) is 10.9 Å². The lowest BCUT2D eigenvalue weighted by Gasteiger charge is -2.08. The fourth-order valence-corrected chi connectivity index (χ4v) is 2.18. The molecule has 0 amide bonds. The number of hydrogen-bond donors (Lipinski definition) is 1. The van der Waals surface area contributed by atoms with Gasteiger partial charge in [-0.05, 0) is 19.9 Å². The molecule has 21 heavy (non-hydrogen) atoms. The second kappa shape index (κ2) is 5.87. The van der Waals surface area contributed by atoms with Gasteiger partial charge in [-0.3, -0.25) is 9.48 Å². The van der Waals surface area contributed by atoms with Crippen LogP contribution in [0.1, 0.15) is 35.9 Å². The summed E-state index contributed by atoms with van der Waals surface area (Å²) < 4.78 is 1.67. The van der Waals surface area contributed by atoms with Gasteiger partial charge in [-0.2, -0.15) is 5.10 Å². The maximum atomic E-state index is 12.2. The number of Topliss-reactive ketones (excluding diaryl/α,β-unsaturated/α-hetero) is 1. The molecular weight excluding hydrogens is 266 g/mol. The van der Waals surface area contributed by atoms with Gasteiger partial charge in [-0.1, -0.05) is 6.92 Å². The lowest BCUT2D eigenvalue weighted by atomic mass is 9.99. The summed E-state index contributed by atoms with van der Waals surface area (Å²) in [5.74, 6) is 0.297. The van der Waals surface area contributed by atoms with Crippen LogP contribution < -0.4 is 5.73 Å². The van der Waals surface area contributed by atoms with Gasteiger partial charge in [-0.15, -0.1) is 0 Å². The van der Waals surface area contributed by atoms with Gasteiger partial charge in [0.25, 0.3) is 0 Å². The number of nitrogens with zero attached hydrogens (tertiary/aromatic N) is 4. The van der Waals surface area contributed by atoms with Crippen molar-refractivity contribution in [1.29, 1.82) is 0 Å². The first-order valence-electron chi connectivity index (χ1n) is 6.77. The lowest BCUT2D eigenvalue weighted by Crippen LogP contribution is -2.04. The van der Waals surface area contributed by atoms with E-state index in [4.69, 9.17) is 5.73 Å². The van der Waals surface area contributed by atoms with Crippen LogP contribution in [0, 0.1) is 13.8 Å². The van der Waals surface area contributed by atoms with Gasteiger partial charge in [-0.25, -0.2) is 9.97 Å². The Labute approximate surface area is 123 Å². The summed E-state index contributed by atoms with van der Waals surface area (Å²) in [5, 5.41) is 4.13. The summed E-state index contributed by atoms with van der Waals surface area (Å²) in [5.41, 5.74) is 9.38. The molecule has 0 atom stereocenters. The van der Waals surface area contributed by atoms with Gasteiger partial charge in [0.15, 0.2) is 5.78 Å². The molecule has 0 aliphatic heterocycles. The van der Waals surface area contributed by atoms with E-state index in [2.05, 4.69) is 15.1 Å². The topological polar surface area (TPSA) is 86.7 Å². The molecular formula is C15H19N5O. The van der Waals surface area contributed by atoms with Crippen molar-refractivity contribution in [3.8, 4) is 0 Å². The highest BCUT2D eigenvalue weighted by Crippen LogP contribution is 2.23. The molecule has 110 valence electrons. The molecule has 0 aliphatic rings. The predicted molar refractivity (Wildman–Crippen MR) is 82.3 cm³/mol. The Kier molecular flexibility index (Phi) is 4.16. The Morgan fingerprint density at radius 3 is 2.43 bits per heavy atom. The number of carbonyl (C=O) groups excluding carboxylic acids is 1. The molecule has 0 spiro atoms. The molecule has 6 heteroatoms. The van der Waals surface area contributed by atoms with E-state index in [-0.39, 0.29) is 11.7 Å². The second-order valence-corrected chi connectivity index (χ2v) is 4.90. The predicted octanol–water partition coefficient (Wildman–Crippen LogP) is 1.93. The van der Waals surface area contributed by atoms with Crippen molar-refractivity contribution in [2.24, 2.45) is 7.05 Å². The standard InChI is InChI=1S/C15H19N5O/c1-5-14(21)13(11-7-17-20(4)8-11)6-12-9(2)18-15(16)19-10(12)3/h6-8H,5H2,1-4H3,(H2,16,18,19)/b13-6-. The van der Waals surface area contributed by atoms with Crippen LogP contribution in [-0.4, -0.2) is 25.5 Å². The summed E-state index contributed by atoms with van der Waals surface area (Å²) in [6.07, 6.45) is 5.76. The van der Waals surface area contributed by atoms with Crippen LogP contribution in [0.2, 0.25) is 0 Å². The summed E-state index contributed by atoms with van der Waals surface area (Å²) in [6.45, 7) is 5.55. The van der Waals surface area contributed by atoms with E-state index in [0.717, 1.165) is 22.5 Å². The first-order valence-corrected chi connectivity index (χ1v) is 6.77. The zero-order chi connectivity index (χ0) is 15.6. The fraction of sp³-hybridized carbons (Fsp3) is 0.333. The maximum absolute atomic E-state index is 12.2. The normalized spacial score (nSPS) is 11.7. The highest BCUT2D eigenvalue weighted by atomic mass is 16.1. The number of aromatic nitrogens is 4. The number of carbonyl (C=O) groups is 1. The molecule has 0 saturated heterocycles. The highest BCUT2D eigenvalue weighted by Gasteiger charge is 2.14. The average molecular weight is 285 g/mol. The summed E-state index contributed by atoms with van der Waals surface area (Å²) in [4.78, 5) is 20.6. The summed E-state index contributed by atoms with van der Waals surface area (Å²) in [7, 11) is 1.82. The SMILES string of the molecule is CCC(=O)/C(=C\c1c(C)nc(N)nc1C)c1cnn(C)c1. The van der Waals surface area contributed by atoms with E-state index in [1.165, 1.54) is 0 Å². The van der Waals surface area contributed by atoms with E-state index in [0.29, 0.717) is 12.0 Å². The molecule has 2 rings (SSSR count). The Morgan fingerprint density at radius 2 is 1.95 bits per heavy atom. The molecule has 0 aliphatic carbocycles. The minimum atomic E-state index is 0.0543. The van der Waals surface area contributed by atoms with Gasteiger partial charge >= 0.3 is 0 Å². The van der Waals surface area contributed by atoms with Crippen molar-refractivity contribution in [3.05, 3.63) is 34.9 Å². The fourth-order valence-electron chi connectivity index (χ4n) is 2.18. The van der Waals surface area contributed by atoms with Crippen molar-refractivity contribution in [3.63, 3.8) is 0 Å². The van der Waals surface area contributed by atoms with Gasteiger partial charge < -0.3 is 5.73 Å². The van der Waals surface area contributed by atoms with Crippen molar-refractivity contribution in [2.75, 3.05) is 5.73 Å². The van der Waals surface area contributed by atoms with E-state index in [9.17, 15) is 4.79 Å². The minimum Gasteiger partial charge on any atom is -0.368 e. The third kappa shape index (κ3) is 3.16. The number of anilines is 1. The average Bonchev–Trinajstić information content (AvgIpc) is 2.83. The molecule has 2 N–H and O–H groups in total. The molecule has 0 fully saturated rings. The Balaban J connectivity index is 2.59. The van der Waals surface area contributed by atoms with Gasteiger partial charge in [0.2, 0.25) is 5.95 Å². The third-order valence-corrected chi connectivity index (χ3v) is 3.27. The first-order chi connectivity index (χ1) is 9.92. The monoisotopic (exact) mass is 285 g/mol. The first kappa shape index (κ1) is 14.9. The third-order valence-electron chi connectivity index (χ3n) is 3.27. The number of hydrogen-bond acceptors (Lipinski definition) is 5.